The van der Waals surface area contributed by atoms with Crippen LogP contribution in [0.4, 0.5) is 0 Å². The molecule has 0 atom stereocenters. The lowest BCUT2D eigenvalue weighted by Gasteiger charge is -2.61. The molecule has 1 aliphatic heterocycles. The Hall–Kier alpha value is -2.30. The smallest absolute Gasteiger partial charge is 0.228 e. The minimum atomic E-state index is 0.0147. The molecule has 122 valence electrons. The maximum atomic E-state index is 12.9. The van der Waals surface area contributed by atoms with Crippen LogP contribution in [0.3, 0.4) is 0 Å². The van der Waals surface area contributed by atoms with Crippen LogP contribution in [0.5, 0.6) is 0 Å². The largest absolute Gasteiger partial charge is 0.341 e. The lowest BCUT2D eigenvalue weighted by Crippen LogP contribution is -2.61. The molecule has 24 heavy (non-hydrogen) atoms. The molecule has 6 rings (SSSR count). The van der Waals surface area contributed by atoms with Crippen molar-refractivity contribution in [2.45, 2.75) is 32.1 Å². The Morgan fingerprint density at radius 1 is 1.08 bits per heavy atom. The third kappa shape index (κ3) is 2.00. The first-order chi connectivity index (χ1) is 11.8. The molecular weight excluding hydrogens is 300 g/mol. The number of aromatic nitrogens is 3. The topological polar surface area (TPSA) is 59.0 Å². The van der Waals surface area contributed by atoms with Crippen LogP contribution in [-0.4, -0.2) is 38.8 Å². The van der Waals surface area contributed by atoms with Crippen molar-refractivity contribution >= 4 is 5.91 Å². The fourth-order valence-electron chi connectivity index (χ4n) is 4.56. The molecule has 2 bridgehead atoms. The summed E-state index contributed by atoms with van der Waals surface area (Å²) in [4.78, 5) is 28.1. The third-order valence-electron chi connectivity index (χ3n) is 6.02. The number of nitrogens with zero attached hydrogens (tertiary/aromatic N) is 4. The summed E-state index contributed by atoms with van der Waals surface area (Å²) in [5, 5.41) is 0. The van der Waals surface area contributed by atoms with E-state index in [0.29, 0.717) is 5.91 Å². The first kappa shape index (κ1) is 14.1. The molecule has 0 aromatic carbocycles. The van der Waals surface area contributed by atoms with Gasteiger partial charge < -0.3 is 4.90 Å². The van der Waals surface area contributed by atoms with E-state index in [1.165, 1.54) is 5.56 Å². The summed E-state index contributed by atoms with van der Waals surface area (Å²) in [6.07, 6.45) is 10.2. The van der Waals surface area contributed by atoms with Gasteiger partial charge in [0.2, 0.25) is 5.91 Å². The molecule has 0 saturated heterocycles. The second-order valence-corrected chi connectivity index (χ2v) is 7.43. The summed E-state index contributed by atoms with van der Waals surface area (Å²) < 4.78 is 0. The van der Waals surface area contributed by atoms with E-state index in [0.717, 1.165) is 68.1 Å². The quantitative estimate of drug-likeness (QED) is 0.852. The van der Waals surface area contributed by atoms with Gasteiger partial charge in [-0.25, -0.2) is 9.97 Å². The lowest BCUT2D eigenvalue weighted by atomic mass is 9.44. The van der Waals surface area contributed by atoms with Gasteiger partial charge in [-0.3, -0.25) is 9.78 Å². The predicted molar refractivity (Wildman–Crippen MR) is 89.0 cm³/mol. The summed E-state index contributed by atoms with van der Waals surface area (Å²) in [7, 11) is 0. The monoisotopic (exact) mass is 320 g/mol. The van der Waals surface area contributed by atoms with Gasteiger partial charge in [-0.15, -0.1) is 0 Å². The van der Waals surface area contributed by atoms with Crippen LogP contribution in [0.1, 0.15) is 30.5 Å². The molecule has 1 amide bonds. The number of pyridine rings is 1. The second kappa shape index (κ2) is 5.10. The molecule has 5 heteroatoms. The van der Waals surface area contributed by atoms with E-state index >= 15 is 0 Å². The van der Waals surface area contributed by atoms with Gasteiger partial charge in [0.1, 0.15) is 6.33 Å². The number of hydrogen-bond acceptors (Lipinski definition) is 4. The maximum Gasteiger partial charge on any atom is 0.228 e. The van der Waals surface area contributed by atoms with E-state index in [1.54, 1.807) is 18.7 Å². The van der Waals surface area contributed by atoms with Crippen LogP contribution in [-0.2, 0) is 17.6 Å². The Morgan fingerprint density at radius 3 is 2.54 bits per heavy atom. The molecule has 3 fully saturated rings. The molecule has 0 spiro atoms. The highest BCUT2D eigenvalue weighted by atomic mass is 16.2. The summed E-state index contributed by atoms with van der Waals surface area (Å²) in [6, 6.07) is 3.97. The van der Waals surface area contributed by atoms with E-state index in [4.69, 9.17) is 0 Å². The predicted octanol–water partition coefficient (Wildman–Crippen LogP) is 2.27. The van der Waals surface area contributed by atoms with Gasteiger partial charge in [0.05, 0.1) is 11.1 Å². The van der Waals surface area contributed by atoms with E-state index < -0.39 is 0 Å². The molecule has 2 aromatic rings. The number of carbonyl (C=O) groups excluding carboxylic acids is 1. The highest BCUT2D eigenvalue weighted by Gasteiger charge is 2.62. The minimum Gasteiger partial charge on any atom is -0.341 e. The zero-order valence-electron chi connectivity index (χ0n) is 13.6. The van der Waals surface area contributed by atoms with Crippen molar-refractivity contribution < 1.29 is 4.79 Å². The van der Waals surface area contributed by atoms with Gasteiger partial charge in [-0.1, -0.05) is 0 Å². The van der Waals surface area contributed by atoms with Gasteiger partial charge in [0.15, 0.2) is 0 Å². The van der Waals surface area contributed by atoms with E-state index in [2.05, 4.69) is 19.9 Å². The zero-order valence-corrected chi connectivity index (χ0v) is 13.6. The highest BCUT2D eigenvalue weighted by molar-refractivity contribution is 5.86. The van der Waals surface area contributed by atoms with Crippen molar-refractivity contribution in [3.05, 3.63) is 42.1 Å². The van der Waals surface area contributed by atoms with Gasteiger partial charge in [-0.05, 0) is 43.7 Å². The average Bonchev–Trinajstić information content (AvgIpc) is 2.75. The number of amides is 1. The summed E-state index contributed by atoms with van der Waals surface area (Å²) in [5.41, 5.74) is 4.35. The first-order valence-electron chi connectivity index (χ1n) is 8.78. The molecule has 2 aromatic heterocycles. The van der Waals surface area contributed by atoms with Crippen LogP contribution >= 0.6 is 0 Å². The molecule has 0 unspecified atom stereocenters. The van der Waals surface area contributed by atoms with Crippen LogP contribution < -0.4 is 0 Å². The standard InChI is InChI=1S/C19H20N4O/c24-18(19-9-13(10-19)11-19)23-7-3-15-16(4-8-23)21-12-22-17(15)14-1-5-20-6-2-14/h1-2,5-6,12-13H,3-4,7-11H2. The third-order valence-corrected chi connectivity index (χ3v) is 6.02. The molecule has 5 nitrogen and oxygen atoms in total. The van der Waals surface area contributed by atoms with Crippen LogP contribution in [0.2, 0.25) is 0 Å². The van der Waals surface area contributed by atoms with Crippen molar-refractivity contribution in [2.75, 3.05) is 13.1 Å². The summed E-state index contributed by atoms with van der Waals surface area (Å²) in [5.74, 6) is 1.22. The molecule has 3 saturated carbocycles. The average molecular weight is 320 g/mol. The molecule has 0 radical (unpaired) electrons. The van der Waals surface area contributed by atoms with Gasteiger partial charge in [0, 0.05) is 48.7 Å². The Morgan fingerprint density at radius 2 is 1.83 bits per heavy atom. The lowest BCUT2D eigenvalue weighted by molar-refractivity contribution is -0.176. The second-order valence-electron chi connectivity index (χ2n) is 7.43. The normalized spacial score (nSPS) is 27.5. The van der Waals surface area contributed by atoms with Gasteiger partial charge in [-0.2, -0.15) is 0 Å². The van der Waals surface area contributed by atoms with E-state index in [1.807, 2.05) is 12.1 Å². The molecule has 3 aliphatic carbocycles. The summed E-state index contributed by atoms with van der Waals surface area (Å²) >= 11 is 0. The zero-order chi connectivity index (χ0) is 16.1. The van der Waals surface area contributed by atoms with Crippen LogP contribution in [0.25, 0.3) is 11.3 Å². The van der Waals surface area contributed by atoms with Crippen molar-refractivity contribution in [2.24, 2.45) is 11.3 Å². The van der Waals surface area contributed by atoms with Crippen molar-refractivity contribution in [1.82, 2.24) is 19.9 Å². The molecular formula is C19H20N4O. The van der Waals surface area contributed by atoms with E-state index in [-0.39, 0.29) is 5.41 Å². The SMILES string of the molecule is O=C(N1CCc2ncnc(-c3ccncc3)c2CC1)C12CC(C1)C2. The summed E-state index contributed by atoms with van der Waals surface area (Å²) in [6.45, 7) is 1.56. The van der Waals surface area contributed by atoms with Gasteiger partial charge >= 0.3 is 0 Å². The minimum absolute atomic E-state index is 0.0147. The number of hydrogen-bond donors (Lipinski definition) is 0. The number of carbonyl (C=O) groups is 1. The Balaban J connectivity index is 1.42. The van der Waals surface area contributed by atoms with E-state index in [9.17, 15) is 4.79 Å². The Labute approximate surface area is 141 Å². The highest BCUT2D eigenvalue weighted by Crippen LogP contribution is 2.65. The Bertz CT molecular complexity index is 787. The van der Waals surface area contributed by atoms with Crippen molar-refractivity contribution in [1.29, 1.82) is 0 Å². The number of fused-ring (bicyclic) bond motifs is 1. The fourth-order valence-corrected chi connectivity index (χ4v) is 4.56. The first-order valence-corrected chi connectivity index (χ1v) is 8.78. The van der Waals surface area contributed by atoms with Crippen LogP contribution in [0, 0.1) is 11.3 Å². The maximum absolute atomic E-state index is 12.9. The van der Waals surface area contributed by atoms with Gasteiger partial charge in [0.25, 0.3) is 0 Å². The molecule has 4 aliphatic rings. The van der Waals surface area contributed by atoms with Crippen molar-refractivity contribution in [3.8, 4) is 11.3 Å². The number of rotatable bonds is 2. The van der Waals surface area contributed by atoms with Crippen molar-refractivity contribution in [3.63, 3.8) is 0 Å². The fraction of sp³-hybridized carbons (Fsp3) is 0.474. The van der Waals surface area contributed by atoms with Crippen LogP contribution in [0.15, 0.2) is 30.9 Å². The molecule has 3 heterocycles. The Kier molecular flexibility index (Phi) is 2.99. The molecule has 0 N–H and O–H groups in total.